The molecule has 0 saturated heterocycles. The lowest BCUT2D eigenvalue weighted by molar-refractivity contribution is 0.294. The largest absolute Gasteiger partial charge is 0.396 e. The summed E-state index contributed by atoms with van der Waals surface area (Å²) in [6, 6.07) is 0. The van der Waals surface area contributed by atoms with Crippen molar-refractivity contribution in [1.29, 1.82) is 0 Å². The van der Waals surface area contributed by atoms with E-state index in [9.17, 15) is 8.42 Å². The number of aliphatic hydroxyl groups is 1. The standard InChI is InChI=1S/C10H19NO3S/c1-9(2)10-4-5-11(8-10)15(13,14)7-3-6-12/h4,9,12H,3,5-8H2,1-2H3. The number of nitrogens with zero attached hydrogens (tertiary/aromatic N) is 1. The molecule has 1 N–H and O–H groups in total. The predicted molar refractivity (Wildman–Crippen MR) is 60.0 cm³/mol. The molecule has 0 aromatic carbocycles. The van der Waals surface area contributed by atoms with Crippen LogP contribution in [0.5, 0.6) is 0 Å². The summed E-state index contributed by atoms with van der Waals surface area (Å²) in [5.41, 5.74) is 1.18. The zero-order chi connectivity index (χ0) is 11.5. The Labute approximate surface area is 91.6 Å². The average molecular weight is 233 g/mol. The van der Waals surface area contributed by atoms with Crippen LogP contribution < -0.4 is 0 Å². The van der Waals surface area contributed by atoms with Gasteiger partial charge in [-0.15, -0.1) is 0 Å². The van der Waals surface area contributed by atoms with Crippen LogP contribution in [-0.4, -0.2) is 43.3 Å². The first-order valence-electron chi connectivity index (χ1n) is 5.25. The van der Waals surface area contributed by atoms with E-state index in [-0.39, 0.29) is 12.4 Å². The second-order valence-electron chi connectivity index (χ2n) is 4.12. The number of rotatable bonds is 5. The van der Waals surface area contributed by atoms with E-state index in [1.807, 2.05) is 6.08 Å². The van der Waals surface area contributed by atoms with Gasteiger partial charge in [0.15, 0.2) is 0 Å². The first kappa shape index (κ1) is 12.7. The van der Waals surface area contributed by atoms with Crippen molar-refractivity contribution in [3.8, 4) is 0 Å². The molecule has 1 aliphatic heterocycles. The van der Waals surface area contributed by atoms with Gasteiger partial charge >= 0.3 is 0 Å². The van der Waals surface area contributed by atoms with Gasteiger partial charge in [-0.25, -0.2) is 8.42 Å². The fraction of sp³-hybridized carbons (Fsp3) is 0.800. The SMILES string of the molecule is CC(C)C1=CCN(S(=O)(=O)CCCO)C1. The fourth-order valence-corrected chi connectivity index (χ4v) is 2.96. The van der Waals surface area contributed by atoms with Gasteiger partial charge < -0.3 is 5.11 Å². The van der Waals surface area contributed by atoms with E-state index >= 15 is 0 Å². The quantitative estimate of drug-likeness (QED) is 0.707. The van der Waals surface area contributed by atoms with Crippen molar-refractivity contribution in [3.63, 3.8) is 0 Å². The van der Waals surface area contributed by atoms with Crippen LogP contribution in [0.15, 0.2) is 11.6 Å². The monoisotopic (exact) mass is 233 g/mol. The highest BCUT2D eigenvalue weighted by Crippen LogP contribution is 2.20. The van der Waals surface area contributed by atoms with Crippen LogP contribution >= 0.6 is 0 Å². The van der Waals surface area contributed by atoms with E-state index in [0.29, 0.717) is 25.4 Å². The van der Waals surface area contributed by atoms with Crippen LogP contribution in [0.2, 0.25) is 0 Å². The van der Waals surface area contributed by atoms with Crippen LogP contribution in [-0.2, 0) is 10.0 Å². The highest BCUT2D eigenvalue weighted by atomic mass is 32.2. The maximum Gasteiger partial charge on any atom is 0.214 e. The van der Waals surface area contributed by atoms with Gasteiger partial charge in [0, 0.05) is 19.7 Å². The van der Waals surface area contributed by atoms with E-state index in [2.05, 4.69) is 13.8 Å². The van der Waals surface area contributed by atoms with Gasteiger partial charge in [-0.3, -0.25) is 0 Å². The minimum Gasteiger partial charge on any atom is -0.396 e. The Morgan fingerprint density at radius 2 is 2.20 bits per heavy atom. The van der Waals surface area contributed by atoms with E-state index in [1.165, 1.54) is 9.88 Å². The third kappa shape index (κ3) is 3.29. The molecule has 0 bridgehead atoms. The molecule has 5 heteroatoms. The molecule has 0 spiro atoms. The van der Waals surface area contributed by atoms with Crippen molar-refractivity contribution in [2.75, 3.05) is 25.4 Å². The highest BCUT2D eigenvalue weighted by Gasteiger charge is 2.26. The highest BCUT2D eigenvalue weighted by molar-refractivity contribution is 7.89. The van der Waals surface area contributed by atoms with Crippen LogP contribution in [0.4, 0.5) is 0 Å². The van der Waals surface area contributed by atoms with Crippen LogP contribution in [0.3, 0.4) is 0 Å². The average Bonchev–Trinajstić information content (AvgIpc) is 2.64. The molecule has 0 atom stereocenters. The van der Waals surface area contributed by atoms with Gasteiger partial charge in [-0.2, -0.15) is 4.31 Å². The third-order valence-electron chi connectivity index (χ3n) is 2.61. The molecule has 0 amide bonds. The molecular weight excluding hydrogens is 214 g/mol. The molecule has 0 fully saturated rings. The van der Waals surface area contributed by atoms with Crippen molar-refractivity contribution in [2.45, 2.75) is 20.3 Å². The maximum atomic E-state index is 11.7. The Kier molecular flexibility index (Phi) is 4.31. The lowest BCUT2D eigenvalue weighted by Crippen LogP contribution is -2.32. The first-order chi connectivity index (χ1) is 6.97. The van der Waals surface area contributed by atoms with Crippen molar-refractivity contribution < 1.29 is 13.5 Å². The molecule has 15 heavy (non-hydrogen) atoms. The summed E-state index contributed by atoms with van der Waals surface area (Å²) in [6.45, 7) is 5.07. The zero-order valence-corrected chi connectivity index (χ0v) is 10.1. The first-order valence-corrected chi connectivity index (χ1v) is 6.86. The minimum absolute atomic E-state index is 0.0444. The zero-order valence-electron chi connectivity index (χ0n) is 9.31. The summed E-state index contributed by atoms with van der Waals surface area (Å²) >= 11 is 0. The number of hydrogen-bond donors (Lipinski definition) is 1. The summed E-state index contributed by atoms with van der Waals surface area (Å²) in [4.78, 5) is 0. The topological polar surface area (TPSA) is 57.6 Å². The molecular formula is C10H19NO3S. The molecule has 0 aliphatic carbocycles. The predicted octanol–water partition coefficient (Wildman–Crippen LogP) is 0.597. The Balaban J connectivity index is 2.55. The Hall–Kier alpha value is -0.390. The summed E-state index contributed by atoms with van der Waals surface area (Å²) < 4.78 is 25.0. The van der Waals surface area contributed by atoms with Crippen molar-refractivity contribution in [1.82, 2.24) is 4.31 Å². The van der Waals surface area contributed by atoms with Crippen LogP contribution in [0.25, 0.3) is 0 Å². The van der Waals surface area contributed by atoms with Gasteiger partial charge in [-0.05, 0) is 12.3 Å². The fourth-order valence-electron chi connectivity index (χ4n) is 1.56. The second-order valence-corrected chi connectivity index (χ2v) is 6.21. The molecule has 0 unspecified atom stereocenters. The van der Waals surface area contributed by atoms with Crippen molar-refractivity contribution in [3.05, 3.63) is 11.6 Å². The van der Waals surface area contributed by atoms with Crippen molar-refractivity contribution >= 4 is 10.0 Å². The number of sulfonamides is 1. The van der Waals surface area contributed by atoms with E-state index in [0.717, 1.165) is 0 Å². The summed E-state index contributed by atoms with van der Waals surface area (Å²) in [7, 11) is -3.17. The van der Waals surface area contributed by atoms with Gasteiger partial charge in [-0.1, -0.05) is 25.5 Å². The molecule has 1 aliphatic rings. The van der Waals surface area contributed by atoms with Gasteiger partial charge in [0.05, 0.1) is 5.75 Å². The summed E-state index contributed by atoms with van der Waals surface area (Å²) in [6.07, 6.45) is 2.30. The summed E-state index contributed by atoms with van der Waals surface area (Å²) in [5, 5.41) is 8.62. The number of aliphatic hydroxyl groups excluding tert-OH is 1. The molecule has 4 nitrogen and oxygen atoms in total. The van der Waals surface area contributed by atoms with E-state index < -0.39 is 10.0 Å². The van der Waals surface area contributed by atoms with Gasteiger partial charge in [0.25, 0.3) is 0 Å². The summed E-state index contributed by atoms with van der Waals surface area (Å²) in [5.74, 6) is 0.450. The molecule has 0 saturated carbocycles. The normalized spacial score (nSPS) is 18.5. The van der Waals surface area contributed by atoms with Crippen LogP contribution in [0.1, 0.15) is 20.3 Å². The molecule has 0 radical (unpaired) electrons. The van der Waals surface area contributed by atoms with Gasteiger partial charge in [0.2, 0.25) is 10.0 Å². The Morgan fingerprint density at radius 1 is 1.53 bits per heavy atom. The second kappa shape index (κ2) is 5.09. The smallest absolute Gasteiger partial charge is 0.214 e. The molecule has 1 heterocycles. The van der Waals surface area contributed by atoms with Crippen LogP contribution in [0, 0.1) is 5.92 Å². The number of hydrogen-bond acceptors (Lipinski definition) is 3. The van der Waals surface area contributed by atoms with Gasteiger partial charge in [0.1, 0.15) is 0 Å². The lowest BCUT2D eigenvalue weighted by Gasteiger charge is -2.17. The van der Waals surface area contributed by atoms with E-state index in [1.54, 1.807) is 0 Å². The Bertz CT molecular complexity index is 333. The Morgan fingerprint density at radius 3 is 2.67 bits per heavy atom. The third-order valence-corrected chi connectivity index (χ3v) is 4.48. The molecule has 0 aromatic rings. The molecule has 0 aromatic heterocycles. The minimum atomic E-state index is -3.17. The van der Waals surface area contributed by atoms with E-state index in [4.69, 9.17) is 5.11 Å². The molecule has 88 valence electrons. The lowest BCUT2D eigenvalue weighted by atomic mass is 10.1. The van der Waals surface area contributed by atoms with Crippen molar-refractivity contribution in [2.24, 2.45) is 5.92 Å². The maximum absolute atomic E-state index is 11.7. The molecule has 1 rings (SSSR count).